The molecule has 1 N–H and O–H groups in total. The first-order chi connectivity index (χ1) is 11.0. The largest absolute Gasteiger partial charge is 0.337 e. The van der Waals surface area contributed by atoms with Crippen molar-refractivity contribution in [1.82, 2.24) is 5.32 Å². The number of nitrogens with one attached hydrogen (secondary N) is 1. The zero-order valence-corrected chi connectivity index (χ0v) is 14.1. The van der Waals surface area contributed by atoms with Crippen molar-refractivity contribution in [3.05, 3.63) is 65.2 Å². The first kappa shape index (κ1) is 15.6. The molecule has 0 saturated carbocycles. The minimum absolute atomic E-state index is 0.00314. The van der Waals surface area contributed by atoms with Gasteiger partial charge in [-0.2, -0.15) is 0 Å². The van der Waals surface area contributed by atoms with E-state index in [-0.39, 0.29) is 11.4 Å². The summed E-state index contributed by atoms with van der Waals surface area (Å²) < 4.78 is 0. The van der Waals surface area contributed by atoms with Crippen LogP contribution in [0.2, 0.25) is 0 Å². The summed E-state index contributed by atoms with van der Waals surface area (Å²) in [7, 11) is 0. The van der Waals surface area contributed by atoms with Crippen LogP contribution in [0.25, 0.3) is 0 Å². The highest BCUT2D eigenvalue weighted by Crippen LogP contribution is 2.28. The summed E-state index contributed by atoms with van der Waals surface area (Å²) in [5, 5.41) is 3.12. The molecule has 0 saturated heterocycles. The fourth-order valence-electron chi connectivity index (χ4n) is 3.37. The molecule has 1 aliphatic heterocycles. The number of rotatable bonds is 3. The Morgan fingerprint density at radius 3 is 2.61 bits per heavy atom. The average Bonchev–Trinajstić information content (AvgIpc) is 2.97. The van der Waals surface area contributed by atoms with Gasteiger partial charge in [0.2, 0.25) is 0 Å². The summed E-state index contributed by atoms with van der Waals surface area (Å²) in [5.74, 6) is 0. The Balaban J connectivity index is 1.69. The smallest absolute Gasteiger partial charge is 0.321 e. The number of carbonyl (C=O) groups is 1. The number of para-hydroxylation sites is 1. The number of hydrogen-bond donors (Lipinski definition) is 1. The van der Waals surface area contributed by atoms with E-state index >= 15 is 0 Å². The van der Waals surface area contributed by atoms with E-state index < -0.39 is 0 Å². The standard InChI is InChI=1S/C20H24N2O/c1-15-8-4-6-10-17(15)20(2,3)14-21-19(23)22-13-12-16-9-5-7-11-18(16)22/h4-11H,12-14H2,1-3H3,(H,21,23). The minimum atomic E-state index is -0.0970. The van der Waals surface area contributed by atoms with Crippen molar-refractivity contribution >= 4 is 11.7 Å². The van der Waals surface area contributed by atoms with E-state index in [1.807, 2.05) is 23.1 Å². The number of hydrogen-bond acceptors (Lipinski definition) is 1. The second-order valence-electron chi connectivity index (χ2n) is 6.89. The molecule has 1 aliphatic rings. The molecule has 0 radical (unpaired) electrons. The fraction of sp³-hybridized carbons (Fsp3) is 0.350. The Labute approximate surface area is 138 Å². The molecule has 0 aliphatic carbocycles. The molecule has 3 rings (SSSR count). The molecule has 2 aromatic carbocycles. The van der Waals surface area contributed by atoms with Crippen molar-refractivity contribution in [1.29, 1.82) is 0 Å². The third kappa shape index (κ3) is 3.09. The second-order valence-corrected chi connectivity index (χ2v) is 6.89. The zero-order valence-electron chi connectivity index (χ0n) is 14.1. The van der Waals surface area contributed by atoms with Crippen LogP contribution in [0.1, 0.15) is 30.5 Å². The molecule has 0 spiro atoms. The van der Waals surface area contributed by atoms with Crippen LogP contribution in [0.3, 0.4) is 0 Å². The number of amides is 2. The first-order valence-corrected chi connectivity index (χ1v) is 8.18. The van der Waals surface area contributed by atoms with Crippen molar-refractivity contribution in [2.75, 3.05) is 18.0 Å². The van der Waals surface area contributed by atoms with Gasteiger partial charge < -0.3 is 5.32 Å². The lowest BCUT2D eigenvalue weighted by Gasteiger charge is -2.29. The molecule has 2 aromatic rings. The molecule has 23 heavy (non-hydrogen) atoms. The van der Waals surface area contributed by atoms with Gasteiger partial charge in [0.05, 0.1) is 0 Å². The second kappa shape index (κ2) is 6.07. The van der Waals surface area contributed by atoms with Gasteiger partial charge in [0, 0.05) is 24.2 Å². The SMILES string of the molecule is Cc1ccccc1C(C)(C)CNC(=O)N1CCc2ccccc21. The lowest BCUT2D eigenvalue weighted by molar-refractivity contribution is 0.244. The van der Waals surface area contributed by atoms with Gasteiger partial charge in [-0.3, -0.25) is 4.90 Å². The van der Waals surface area contributed by atoms with Crippen LogP contribution < -0.4 is 10.2 Å². The maximum Gasteiger partial charge on any atom is 0.321 e. The number of aryl methyl sites for hydroxylation is 1. The molecule has 3 heteroatoms. The number of benzene rings is 2. The van der Waals surface area contributed by atoms with Crippen molar-refractivity contribution in [3.8, 4) is 0 Å². The highest BCUT2D eigenvalue weighted by Gasteiger charge is 2.27. The predicted molar refractivity (Wildman–Crippen MR) is 95.1 cm³/mol. The van der Waals surface area contributed by atoms with Crippen LogP contribution in [0, 0.1) is 6.92 Å². The molecule has 0 fully saturated rings. The molecular weight excluding hydrogens is 284 g/mol. The number of urea groups is 1. The van der Waals surface area contributed by atoms with E-state index in [4.69, 9.17) is 0 Å². The van der Waals surface area contributed by atoms with Crippen LogP contribution in [-0.2, 0) is 11.8 Å². The van der Waals surface area contributed by atoms with Crippen LogP contribution in [-0.4, -0.2) is 19.1 Å². The summed E-state index contributed by atoms with van der Waals surface area (Å²) in [6, 6.07) is 16.5. The van der Waals surface area contributed by atoms with Crippen LogP contribution >= 0.6 is 0 Å². The van der Waals surface area contributed by atoms with Gasteiger partial charge in [-0.25, -0.2) is 4.79 Å². The van der Waals surface area contributed by atoms with E-state index in [0.29, 0.717) is 6.54 Å². The van der Waals surface area contributed by atoms with Gasteiger partial charge in [0.1, 0.15) is 0 Å². The minimum Gasteiger partial charge on any atom is -0.337 e. The monoisotopic (exact) mass is 308 g/mol. The highest BCUT2D eigenvalue weighted by atomic mass is 16.2. The van der Waals surface area contributed by atoms with Gasteiger partial charge >= 0.3 is 6.03 Å². The summed E-state index contributed by atoms with van der Waals surface area (Å²) in [6.07, 6.45) is 0.935. The van der Waals surface area contributed by atoms with E-state index in [9.17, 15) is 4.79 Å². The lowest BCUT2D eigenvalue weighted by Crippen LogP contribution is -2.44. The third-order valence-electron chi connectivity index (χ3n) is 4.69. The quantitative estimate of drug-likeness (QED) is 0.911. The van der Waals surface area contributed by atoms with Crippen molar-refractivity contribution in [2.24, 2.45) is 0 Å². The first-order valence-electron chi connectivity index (χ1n) is 8.18. The summed E-state index contributed by atoms with van der Waals surface area (Å²) >= 11 is 0. The van der Waals surface area contributed by atoms with E-state index in [0.717, 1.165) is 18.7 Å². The van der Waals surface area contributed by atoms with Gasteiger partial charge in [0.25, 0.3) is 0 Å². The summed E-state index contributed by atoms with van der Waals surface area (Å²) in [6.45, 7) is 7.85. The highest BCUT2D eigenvalue weighted by molar-refractivity contribution is 5.94. The molecule has 0 bridgehead atoms. The van der Waals surface area contributed by atoms with E-state index in [2.05, 4.69) is 56.4 Å². The van der Waals surface area contributed by atoms with Crippen LogP contribution in [0.4, 0.5) is 10.5 Å². The maximum atomic E-state index is 12.6. The molecule has 0 aromatic heterocycles. The Kier molecular flexibility index (Phi) is 4.12. The Morgan fingerprint density at radius 2 is 1.83 bits per heavy atom. The topological polar surface area (TPSA) is 32.3 Å². The molecule has 0 unspecified atom stereocenters. The predicted octanol–water partition coefficient (Wildman–Crippen LogP) is 4.04. The Hall–Kier alpha value is -2.29. The van der Waals surface area contributed by atoms with Gasteiger partial charge in [-0.05, 0) is 36.1 Å². The molecule has 2 amide bonds. The van der Waals surface area contributed by atoms with Gasteiger partial charge in [-0.15, -0.1) is 0 Å². The Bertz CT molecular complexity index is 721. The third-order valence-corrected chi connectivity index (χ3v) is 4.69. The zero-order chi connectivity index (χ0) is 16.4. The summed E-state index contributed by atoms with van der Waals surface area (Å²) in [4.78, 5) is 14.4. The normalized spacial score (nSPS) is 13.8. The van der Waals surface area contributed by atoms with E-state index in [1.165, 1.54) is 16.7 Å². The number of carbonyl (C=O) groups excluding carboxylic acids is 1. The Morgan fingerprint density at radius 1 is 1.13 bits per heavy atom. The van der Waals surface area contributed by atoms with E-state index in [1.54, 1.807) is 0 Å². The van der Waals surface area contributed by atoms with Crippen molar-refractivity contribution < 1.29 is 4.79 Å². The number of fused-ring (bicyclic) bond motifs is 1. The lowest BCUT2D eigenvalue weighted by atomic mass is 9.82. The molecule has 3 nitrogen and oxygen atoms in total. The van der Waals surface area contributed by atoms with Gasteiger partial charge in [-0.1, -0.05) is 56.3 Å². The van der Waals surface area contributed by atoms with Crippen LogP contribution in [0.15, 0.2) is 48.5 Å². The number of anilines is 1. The molecule has 120 valence electrons. The molecular formula is C20H24N2O. The molecule has 1 heterocycles. The van der Waals surface area contributed by atoms with Crippen molar-refractivity contribution in [3.63, 3.8) is 0 Å². The fourth-order valence-corrected chi connectivity index (χ4v) is 3.37. The number of nitrogens with zero attached hydrogens (tertiary/aromatic N) is 1. The van der Waals surface area contributed by atoms with Gasteiger partial charge in [0.15, 0.2) is 0 Å². The summed E-state index contributed by atoms with van der Waals surface area (Å²) in [5.41, 5.74) is 4.74. The van der Waals surface area contributed by atoms with Crippen molar-refractivity contribution in [2.45, 2.75) is 32.6 Å². The maximum absolute atomic E-state index is 12.6. The average molecular weight is 308 g/mol. The molecule has 0 atom stereocenters. The van der Waals surface area contributed by atoms with Crippen LogP contribution in [0.5, 0.6) is 0 Å².